The van der Waals surface area contributed by atoms with Crippen molar-refractivity contribution in [3.05, 3.63) is 65.7 Å². The van der Waals surface area contributed by atoms with Crippen LogP contribution in [0.4, 0.5) is 4.79 Å². The predicted molar refractivity (Wildman–Crippen MR) is 107 cm³/mol. The predicted octanol–water partition coefficient (Wildman–Crippen LogP) is 3.18. The fourth-order valence-electron chi connectivity index (χ4n) is 2.98. The van der Waals surface area contributed by atoms with Crippen LogP contribution in [0.25, 0.3) is 0 Å². The van der Waals surface area contributed by atoms with E-state index >= 15 is 0 Å². The maximum absolute atomic E-state index is 12.5. The van der Waals surface area contributed by atoms with Crippen LogP contribution < -0.4 is 5.32 Å². The summed E-state index contributed by atoms with van der Waals surface area (Å²) in [4.78, 5) is 38.4. The second-order valence-corrected chi connectivity index (χ2v) is 7.32. The Morgan fingerprint density at radius 1 is 1.14 bits per heavy atom. The molecule has 3 rings (SSSR count). The molecule has 0 unspecified atom stereocenters. The minimum atomic E-state index is -0.672. The van der Waals surface area contributed by atoms with E-state index in [1.54, 1.807) is 11.8 Å². The Bertz CT molecular complexity index is 823. The maximum Gasteiger partial charge on any atom is 0.417 e. The van der Waals surface area contributed by atoms with Gasteiger partial charge in [-0.2, -0.15) is 0 Å². The van der Waals surface area contributed by atoms with Gasteiger partial charge in [0.1, 0.15) is 0 Å². The summed E-state index contributed by atoms with van der Waals surface area (Å²) >= 11 is 1.67. The first-order chi connectivity index (χ1) is 13.6. The zero-order chi connectivity index (χ0) is 19.9. The van der Waals surface area contributed by atoms with Crippen LogP contribution in [0.5, 0.6) is 0 Å². The fraction of sp³-hybridized carbons (Fsp3) is 0.286. The quantitative estimate of drug-likeness (QED) is 0.691. The van der Waals surface area contributed by atoms with Crippen LogP contribution in [0.15, 0.2) is 59.5 Å². The molecule has 7 heteroatoms. The number of aryl methyl sites for hydroxylation is 1. The third-order valence-corrected chi connectivity index (χ3v) is 5.29. The molecule has 2 aromatic rings. The number of ether oxygens (including phenoxy) is 1. The maximum atomic E-state index is 12.5. The van der Waals surface area contributed by atoms with Crippen molar-refractivity contribution in [1.29, 1.82) is 0 Å². The van der Waals surface area contributed by atoms with Crippen molar-refractivity contribution in [3.8, 4) is 0 Å². The van der Waals surface area contributed by atoms with Crippen molar-refractivity contribution in [2.75, 3.05) is 19.4 Å². The zero-order valence-corrected chi connectivity index (χ0v) is 16.4. The van der Waals surface area contributed by atoms with Crippen molar-refractivity contribution < 1.29 is 19.1 Å². The number of hydrogen-bond acceptors (Lipinski definition) is 5. The molecule has 0 spiro atoms. The van der Waals surface area contributed by atoms with Crippen LogP contribution in [-0.2, 0) is 20.7 Å². The normalized spacial score (nSPS) is 14.7. The molecule has 1 N–H and O–H groups in total. The van der Waals surface area contributed by atoms with E-state index in [1.807, 2.05) is 60.9 Å². The second kappa shape index (κ2) is 9.41. The number of carbonyl (C=O) groups is 3. The molecule has 1 saturated heterocycles. The molecule has 1 aliphatic heterocycles. The summed E-state index contributed by atoms with van der Waals surface area (Å²) in [6.45, 7) is -0.198. The molecule has 3 amide bonds. The van der Waals surface area contributed by atoms with Gasteiger partial charge in [0.15, 0.2) is 6.61 Å². The van der Waals surface area contributed by atoms with Crippen molar-refractivity contribution >= 4 is 29.7 Å². The third-order valence-electron chi connectivity index (χ3n) is 4.54. The Balaban J connectivity index is 1.63. The Kier molecular flexibility index (Phi) is 6.71. The highest BCUT2D eigenvalue weighted by molar-refractivity contribution is 7.98. The van der Waals surface area contributed by atoms with Crippen LogP contribution in [0, 0.1) is 0 Å². The van der Waals surface area contributed by atoms with Gasteiger partial charge < -0.3 is 10.1 Å². The largest absolute Gasteiger partial charge is 0.439 e. The van der Waals surface area contributed by atoms with Crippen molar-refractivity contribution in [1.82, 2.24) is 10.2 Å². The molecule has 28 heavy (non-hydrogen) atoms. The molecule has 0 aromatic heterocycles. The van der Waals surface area contributed by atoms with Gasteiger partial charge >= 0.3 is 6.09 Å². The molecule has 0 radical (unpaired) electrons. The summed E-state index contributed by atoms with van der Waals surface area (Å²) in [5.41, 5.74) is 1.91. The SMILES string of the molecule is CSc1ccc(CCC(=O)N[C@H](CN2C(=O)COC2=O)c2ccccc2)cc1. The molecule has 6 nitrogen and oxygen atoms in total. The van der Waals surface area contributed by atoms with Gasteiger partial charge in [0.2, 0.25) is 5.91 Å². The van der Waals surface area contributed by atoms with E-state index < -0.39 is 18.0 Å². The van der Waals surface area contributed by atoms with Crippen LogP contribution in [-0.4, -0.2) is 42.2 Å². The standard InChI is InChI=1S/C21H22N2O4S/c1-28-17-10-7-15(8-11-17)9-12-19(24)22-18(16-5-3-2-4-6-16)13-23-20(25)14-27-21(23)26/h2-8,10-11,18H,9,12-14H2,1H3,(H,22,24)/t18-/m1/s1. The number of amides is 3. The number of nitrogens with one attached hydrogen (secondary N) is 1. The highest BCUT2D eigenvalue weighted by Gasteiger charge is 2.33. The molecular weight excluding hydrogens is 376 g/mol. The fourth-order valence-corrected chi connectivity index (χ4v) is 3.38. The molecule has 1 heterocycles. The van der Waals surface area contributed by atoms with Crippen LogP contribution >= 0.6 is 11.8 Å². The van der Waals surface area contributed by atoms with E-state index in [4.69, 9.17) is 4.74 Å². The Morgan fingerprint density at radius 2 is 1.86 bits per heavy atom. The van der Waals surface area contributed by atoms with E-state index in [0.29, 0.717) is 12.8 Å². The van der Waals surface area contributed by atoms with Gasteiger partial charge in [-0.25, -0.2) is 9.69 Å². The summed E-state index contributed by atoms with van der Waals surface area (Å²) in [7, 11) is 0. The smallest absolute Gasteiger partial charge is 0.417 e. The van der Waals surface area contributed by atoms with Gasteiger partial charge in [-0.15, -0.1) is 11.8 Å². The molecule has 0 aliphatic carbocycles. The highest BCUT2D eigenvalue weighted by atomic mass is 32.2. The lowest BCUT2D eigenvalue weighted by atomic mass is 10.1. The van der Waals surface area contributed by atoms with Crippen LogP contribution in [0.2, 0.25) is 0 Å². The second-order valence-electron chi connectivity index (χ2n) is 6.44. The van der Waals surface area contributed by atoms with Gasteiger partial charge in [0.25, 0.3) is 5.91 Å². The minimum absolute atomic E-state index is 0.0514. The Labute approximate surface area is 168 Å². The molecular formula is C21H22N2O4S. The lowest BCUT2D eigenvalue weighted by Crippen LogP contribution is -2.40. The number of hydrogen-bond donors (Lipinski definition) is 1. The van der Waals surface area contributed by atoms with Gasteiger partial charge in [0, 0.05) is 11.3 Å². The van der Waals surface area contributed by atoms with Crippen molar-refractivity contribution in [2.45, 2.75) is 23.8 Å². The van der Waals surface area contributed by atoms with E-state index in [-0.39, 0.29) is 19.1 Å². The minimum Gasteiger partial charge on any atom is -0.439 e. The van der Waals surface area contributed by atoms with E-state index in [1.165, 1.54) is 4.90 Å². The van der Waals surface area contributed by atoms with Gasteiger partial charge in [-0.3, -0.25) is 9.59 Å². The average molecular weight is 398 g/mol. The number of imide groups is 1. The molecule has 1 aliphatic rings. The first-order valence-corrected chi connectivity index (χ1v) is 10.2. The van der Waals surface area contributed by atoms with Crippen LogP contribution in [0.1, 0.15) is 23.6 Å². The van der Waals surface area contributed by atoms with Crippen LogP contribution in [0.3, 0.4) is 0 Å². The Hall–Kier alpha value is -2.80. The number of carbonyl (C=O) groups excluding carboxylic acids is 3. The van der Waals surface area contributed by atoms with Gasteiger partial charge in [-0.1, -0.05) is 42.5 Å². The van der Waals surface area contributed by atoms with E-state index in [2.05, 4.69) is 5.32 Å². The zero-order valence-electron chi connectivity index (χ0n) is 15.6. The number of nitrogens with zero attached hydrogens (tertiary/aromatic N) is 1. The van der Waals surface area contributed by atoms with E-state index in [0.717, 1.165) is 16.0 Å². The number of thioether (sulfide) groups is 1. The lowest BCUT2D eigenvalue weighted by Gasteiger charge is -2.23. The van der Waals surface area contributed by atoms with Crippen molar-refractivity contribution in [2.24, 2.45) is 0 Å². The van der Waals surface area contributed by atoms with Gasteiger partial charge in [0.05, 0.1) is 12.6 Å². The molecule has 2 aromatic carbocycles. The highest BCUT2D eigenvalue weighted by Crippen LogP contribution is 2.19. The summed E-state index contributed by atoms with van der Waals surface area (Å²) in [6.07, 6.45) is 2.29. The summed E-state index contributed by atoms with van der Waals surface area (Å²) in [5, 5.41) is 2.95. The summed E-state index contributed by atoms with van der Waals surface area (Å²) in [5.74, 6) is -0.531. The third kappa shape index (κ3) is 5.13. The summed E-state index contributed by atoms with van der Waals surface area (Å²) in [6, 6.07) is 16.9. The molecule has 1 fully saturated rings. The number of benzene rings is 2. The molecule has 0 bridgehead atoms. The topological polar surface area (TPSA) is 75.7 Å². The number of cyclic esters (lactones) is 1. The first-order valence-electron chi connectivity index (χ1n) is 9.01. The summed E-state index contributed by atoms with van der Waals surface area (Å²) < 4.78 is 4.77. The average Bonchev–Trinajstić information content (AvgIpc) is 3.04. The number of rotatable bonds is 8. The monoisotopic (exact) mass is 398 g/mol. The first kappa shape index (κ1) is 19.9. The Morgan fingerprint density at radius 3 is 2.46 bits per heavy atom. The molecule has 0 saturated carbocycles. The van der Waals surface area contributed by atoms with Crippen molar-refractivity contribution in [3.63, 3.8) is 0 Å². The van der Waals surface area contributed by atoms with E-state index in [9.17, 15) is 14.4 Å². The van der Waals surface area contributed by atoms with Gasteiger partial charge in [-0.05, 0) is 35.9 Å². The molecule has 1 atom stereocenters. The molecule has 146 valence electrons. The lowest BCUT2D eigenvalue weighted by molar-refractivity contribution is -0.127.